The first-order valence-electron chi connectivity index (χ1n) is 39.0. The van der Waals surface area contributed by atoms with Gasteiger partial charge in [0.15, 0.2) is 17.5 Å². The van der Waals surface area contributed by atoms with Crippen molar-refractivity contribution < 1.29 is 84.9 Å². The van der Waals surface area contributed by atoms with Crippen molar-refractivity contribution in [1.82, 2.24) is 31.1 Å². The van der Waals surface area contributed by atoms with Gasteiger partial charge in [-0.15, -0.1) is 12.6 Å². The van der Waals surface area contributed by atoms with Crippen molar-refractivity contribution in [1.29, 1.82) is 0 Å². The maximum atomic E-state index is 14.5. The molecule has 7 rings (SSSR count). The maximum Gasteiger partial charge on any atom is 0.425 e. The number of amides is 4. The van der Waals surface area contributed by atoms with E-state index in [4.69, 9.17) is 53.1 Å². The average Bonchev–Trinajstić information content (AvgIpc) is 1.60. The van der Waals surface area contributed by atoms with Crippen LogP contribution < -0.4 is 42.4 Å². The van der Waals surface area contributed by atoms with Gasteiger partial charge in [-0.2, -0.15) is 23.8 Å². The minimum absolute atomic E-state index is 0.0336. The molecule has 4 aromatic rings. The fourth-order valence-electron chi connectivity index (χ4n) is 14.0. The lowest BCUT2D eigenvalue weighted by Gasteiger charge is -2.27. The van der Waals surface area contributed by atoms with Gasteiger partial charge in [-0.05, 0) is 170 Å². The third-order valence-corrected chi connectivity index (χ3v) is 20.1. The highest BCUT2D eigenvalue weighted by molar-refractivity contribution is 7.59. The Balaban J connectivity index is 0.00000259. The molecule has 3 atom stereocenters. The number of nitrogens with one attached hydrogen (secondary N) is 4. The van der Waals surface area contributed by atoms with E-state index in [1.807, 2.05) is 73.6 Å². The number of carboxylic acid groups (broad SMARTS) is 2. The van der Waals surface area contributed by atoms with E-state index < -0.39 is 53.0 Å². The van der Waals surface area contributed by atoms with Gasteiger partial charge in [0.05, 0.1) is 11.5 Å². The molecule has 4 amide bonds. The van der Waals surface area contributed by atoms with Gasteiger partial charge in [0.2, 0.25) is 17.5 Å². The molecule has 0 radical (unpaired) electrons. The number of aliphatic imine (C=N–C) groups is 1. The quantitative estimate of drug-likeness (QED) is 0.00883. The van der Waals surface area contributed by atoms with Gasteiger partial charge < -0.3 is 62.4 Å². The Kier molecular flexibility index (Phi) is 42.8. The van der Waals surface area contributed by atoms with Crippen LogP contribution in [-0.4, -0.2) is 188 Å². The van der Waals surface area contributed by atoms with E-state index >= 15 is 0 Å². The van der Waals surface area contributed by atoms with Crippen LogP contribution in [0.25, 0.3) is 0 Å². The Morgan fingerprint density at radius 1 is 0.667 bits per heavy atom. The molecule has 0 saturated heterocycles. The molecule has 2 heterocycles. The second-order valence-electron chi connectivity index (χ2n) is 29.4. The monoisotopic (exact) mass is 1590 g/mol. The number of hydrogen-bond donors (Lipinski definition) is 8. The zero-order chi connectivity index (χ0) is 84.2. The number of likely N-dealkylation sites (N-methyl/N-ethyl adjacent to an activating group) is 2. The number of unbranched alkanes of at least 4 members (excludes halogenated alkanes) is 3. The third kappa shape index (κ3) is 33.1. The Labute approximate surface area is 671 Å². The standard InChI is InChI=1S/C83H115N11O10.2CO2.O3S/c1-9-11-20-53-94-71-35-19-17-33-67(71)83(5,6)74(94)44-39-62-28-21-27-61(38-43-73-82(3,4)66-32-16-18-34-70(66)93(73)52-12-10-2)77(62)104-65-40-36-59(37-41-65)46-50-86-78(100)63(29-22-48-87-80(84)85)58-72(96)69(57-60-25-14-13-15-26-60)89-75(97)47-54-92(8)56-55-91(7)51-24-31-64(95)30-23-49-88-81(103)90-68(79(101)102)42-45-76(98)99;2*2-1-3;1-4(2)3/h13-19,25-26,32-41,43-44,63,68-69H,9-12,20-24,27-31,42,45-58H2,1-8H3,(H9-,84,85,86,87,88,89,90,97,98,99,100,101,102,103);;;/p+1/t63-,68-,69+;;;/m1.../s1. The number of carboxylic acids is 2. The number of guanidine groups is 1. The normalized spacial score (nSPS) is 15.1. The molecule has 3 aliphatic rings. The highest BCUT2D eigenvalue weighted by atomic mass is 32.2. The van der Waals surface area contributed by atoms with Gasteiger partial charge in [-0.3, -0.25) is 29.0 Å². The molecule has 0 aromatic heterocycles. The zero-order valence-electron chi connectivity index (χ0n) is 67.2. The Bertz CT molecular complexity index is 4200. The van der Waals surface area contributed by atoms with Gasteiger partial charge in [-0.1, -0.05) is 125 Å². The van der Waals surface area contributed by atoms with Crippen LogP contribution in [0.3, 0.4) is 0 Å². The first-order chi connectivity index (χ1) is 54.4. The number of nitrogens with zero attached hydrogens (tertiary/aromatic N) is 5. The predicted octanol–water partition coefficient (Wildman–Crippen LogP) is 9.58. The minimum atomic E-state index is -3.11. The number of carbonyl (C=O) groups excluding carboxylic acids is 9. The predicted molar refractivity (Wildman–Crippen MR) is 433 cm³/mol. The average molecular weight is 1600 g/mol. The number of allylic oxidation sites excluding steroid dienone is 7. The molecule has 114 heavy (non-hydrogen) atoms. The number of benzene rings is 4. The first kappa shape index (κ1) is 95.5. The van der Waals surface area contributed by atoms with E-state index in [9.17, 15) is 38.7 Å². The molecule has 2 aliphatic heterocycles. The molecule has 4 aromatic carbocycles. The van der Waals surface area contributed by atoms with E-state index in [-0.39, 0.29) is 97.7 Å². The van der Waals surface area contributed by atoms with E-state index in [1.165, 1.54) is 40.3 Å². The highest BCUT2D eigenvalue weighted by Gasteiger charge is 2.44. The zero-order valence-corrected chi connectivity index (χ0v) is 68.0. The van der Waals surface area contributed by atoms with E-state index in [0.717, 1.165) is 91.8 Å². The Morgan fingerprint density at radius 3 is 1.95 bits per heavy atom. The summed E-state index contributed by atoms with van der Waals surface area (Å²) >= 11 is 0. The number of Topliss-reactive ketones (excluding diaryl/α,β-unsaturated/α-hetero) is 2. The van der Waals surface area contributed by atoms with Crippen molar-refractivity contribution in [3.8, 4) is 5.75 Å². The summed E-state index contributed by atoms with van der Waals surface area (Å²) in [6, 6.07) is 32.3. The Hall–Kier alpha value is -10.8. The van der Waals surface area contributed by atoms with Crippen molar-refractivity contribution in [2.24, 2.45) is 22.4 Å². The number of rotatable bonds is 45. The van der Waals surface area contributed by atoms with Crippen LogP contribution in [0, 0.1) is 5.92 Å². The number of aliphatic carboxylic acids is 2. The van der Waals surface area contributed by atoms with Gasteiger partial charge >= 0.3 is 40.9 Å². The SMILES string of the molecule is CCCCC[N+]1=C(/C=C/C2=C(Oc3ccc(CCNC(=O)[C@H](CCCN=C(N)N)CC(=O)[C@H](Cc4ccccc4)NC(=O)CCN(C)CCN(C)CCCC(=O)CCCNC(=O)N[C@H](CCC(=O)O)C(=O)O)cc3)C(=C/C=C3/N(CCCC)c4ccccc4C3(C)C)/CCC2)C(C)(C)c2ccccc21.O=C=O.O=C=O.O=S(=O)=O. The van der Waals surface area contributed by atoms with Crippen LogP contribution in [0.5, 0.6) is 5.75 Å². The lowest BCUT2D eigenvalue weighted by atomic mass is 9.81. The summed E-state index contributed by atoms with van der Waals surface area (Å²) in [5.74, 6) is -2.46. The molecule has 0 fully saturated rings. The number of ether oxygens (including phenoxy) is 1. The van der Waals surface area contributed by atoms with Crippen LogP contribution in [0.2, 0.25) is 0 Å². The summed E-state index contributed by atoms with van der Waals surface area (Å²) in [4.78, 5) is 133. The molecule has 28 nitrogen and oxygen atoms in total. The molecule has 618 valence electrons. The molecule has 0 spiro atoms. The smallest absolute Gasteiger partial charge is 0.425 e. The Morgan fingerprint density at radius 2 is 1.30 bits per heavy atom. The first-order valence-corrected chi connectivity index (χ1v) is 40.0. The lowest BCUT2D eigenvalue weighted by molar-refractivity contribution is -0.438. The summed E-state index contributed by atoms with van der Waals surface area (Å²) in [7, 11) is 0.771. The number of fused-ring (bicyclic) bond motifs is 2. The topological polar surface area (TPSA) is 414 Å². The van der Waals surface area contributed by atoms with Crippen molar-refractivity contribution in [3.05, 3.63) is 172 Å². The fourth-order valence-corrected chi connectivity index (χ4v) is 14.0. The van der Waals surface area contributed by atoms with Crippen molar-refractivity contribution in [2.45, 2.75) is 193 Å². The number of para-hydroxylation sites is 2. The maximum absolute atomic E-state index is 14.5. The summed E-state index contributed by atoms with van der Waals surface area (Å²) in [5, 5.41) is 29.0. The van der Waals surface area contributed by atoms with E-state index in [0.29, 0.717) is 71.2 Å². The number of hydrogen-bond acceptors (Lipinski definition) is 19. The molecule has 29 heteroatoms. The summed E-state index contributed by atoms with van der Waals surface area (Å²) in [5.41, 5.74) is 23.0. The fraction of sp³-hybridized carbons (Fsp3) is 0.494. The summed E-state index contributed by atoms with van der Waals surface area (Å²) in [6.45, 7) is 18.9. The van der Waals surface area contributed by atoms with Crippen molar-refractivity contribution in [3.63, 3.8) is 0 Å². The number of carbonyl (C=O) groups is 7. The van der Waals surface area contributed by atoms with Crippen LogP contribution in [0.1, 0.15) is 179 Å². The minimum Gasteiger partial charge on any atom is -0.481 e. The number of ketones is 2. The molecular formula is C85H116N11O17S+. The largest absolute Gasteiger partial charge is 0.481 e. The highest BCUT2D eigenvalue weighted by Crippen LogP contribution is 2.48. The number of nitrogens with two attached hydrogens (primary N) is 2. The second kappa shape index (κ2) is 51.0. The van der Waals surface area contributed by atoms with Crippen molar-refractivity contribution in [2.75, 3.05) is 77.9 Å². The molecule has 10 N–H and O–H groups in total. The summed E-state index contributed by atoms with van der Waals surface area (Å²) < 4.78 is 35.0. The van der Waals surface area contributed by atoms with E-state index in [1.54, 1.807) is 0 Å². The molecule has 0 unspecified atom stereocenters. The van der Waals surface area contributed by atoms with Crippen LogP contribution in [0.4, 0.5) is 16.2 Å². The number of urea groups is 1. The molecule has 0 bridgehead atoms. The van der Waals surface area contributed by atoms with Gasteiger partial charge in [0.1, 0.15) is 29.9 Å². The van der Waals surface area contributed by atoms with Gasteiger partial charge in [-0.25, -0.2) is 9.59 Å². The van der Waals surface area contributed by atoms with Gasteiger partial charge in [0, 0.05) is 125 Å². The third-order valence-electron chi connectivity index (χ3n) is 20.1. The summed E-state index contributed by atoms with van der Waals surface area (Å²) in [6.07, 6.45) is 20.7. The van der Waals surface area contributed by atoms with Crippen LogP contribution in [-0.2, 0) is 82.2 Å². The van der Waals surface area contributed by atoms with Gasteiger partial charge in [0.25, 0.3) is 0 Å². The van der Waals surface area contributed by atoms with E-state index in [2.05, 4.69) is 155 Å². The molecular weight excluding hydrogens is 1480 g/mol. The van der Waals surface area contributed by atoms with Crippen molar-refractivity contribution >= 4 is 87.3 Å². The molecule has 0 saturated carbocycles. The lowest BCUT2D eigenvalue weighted by Crippen LogP contribution is -2.46. The number of anilines is 1. The van der Waals surface area contributed by atoms with Crippen LogP contribution >= 0.6 is 0 Å². The second-order valence-corrected chi connectivity index (χ2v) is 29.8. The van der Waals surface area contributed by atoms with Crippen LogP contribution in [0.15, 0.2) is 155 Å². The molecule has 1 aliphatic carbocycles.